The average Bonchev–Trinajstić information content (AvgIpc) is 2.84. The third-order valence-corrected chi connectivity index (χ3v) is 4.14. The minimum atomic E-state index is -0.932. The van der Waals surface area contributed by atoms with Crippen LogP contribution in [0.15, 0.2) is 0 Å². The summed E-state index contributed by atoms with van der Waals surface area (Å²) in [5.74, 6) is 0.374. The normalized spacial score (nSPS) is 17.6. The third kappa shape index (κ3) is 5.76. The van der Waals surface area contributed by atoms with Crippen molar-refractivity contribution in [2.75, 3.05) is 12.0 Å². The molecule has 0 radical (unpaired) electrons. The molecule has 0 spiro atoms. The van der Waals surface area contributed by atoms with Gasteiger partial charge in [0.1, 0.15) is 6.04 Å². The monoisotopic (exact) mass is 273 g/mol. The number of carbonyl (C=O) groups is 2. The van der Waals surface area contributed by atoms with Crippen molar-refractivity contribution < 1.29 is 14.7 Å². The van der Waals surface area contributed by atoms with Gasteiger partial charge in [-0.2, -0.15) is 11.8 Å². The van der Waals surface area contributed by atoms with Gasteiger partial charge in [-0.25, -0.2) is 4.79 Å². The number of amides is 1. The fraction of sp³-hybridized carbons (Fsp3) is 0.846. The van der Waals surface area contributed by atoms with Crippen molar-refractivity contribution >= 4 is 23.6 Å². The number of nitrogens with one attached hydrogen (secondary N) is 1. The highest BCUT2D eigenvalue weighted by Crippen LogP contribution is 2.28. The van der Waals surface area contributed by atoms with E-state index in [4.69, 9.17) is 5.11 Å². The zero-order valence-corrected chi connectivity index (χ0v) is 11.8. The van der Waals surface area contributed by atoms with E-state index in [2.05, 4.69) is 5.32 Å². The fourth-order valence-electron chi connectivity index (χ4n) is 2.39. The Balaban J connectivity index is 2.24. The van der Waals surface area contributed by atoms with Crippen molar-refractivity contribution in [3.8, 4) is 0 Å². The first kappa shape index (κ1) is 15.3. The molecule has 0 saturated heterocycles. The van der Waals surface area contributed by atoms with Crippen molar-refractivity contribution in [3.63, 3.8) is 0 Å². The van der Waals surface area contributed by atoms with Crippen molar-refractivity contribution in [1.29, 1.82) is 0 Å². The Morgan fingerprint density at radius 2 is 2.06 bits per heavy atom. The lowest BCUT2D eigenvalue weighted by Crippen LogP contribution is -2.41. The van der Waals surface area contributed by atoms with E-state index >= 15 is 0 Å². The predicted octanol–water partition coefficient (Wildman–Crippen LogP) is 2.28. The molecule has 0 aromatic rings. The molecule has 0 aliphatic heterocycles. The van der Waals surface area contributed by atoms with Gasteiger partial charge in [0.25, 0.3) is 0 Å². The van der Waals surface area contributed by atoms with Crippen molar-refractivity contribution in [3.05, 3.63) is 0 Å². The number of hydrogen-bond donors (Lipinski definition) is 2. The zero-order chi connectivity index (χ0) is 13.4. The second kappa shape index (κ2) is 8.40. The maximum Gasteiger partial charge on any atom is 0.326 e. The van der Waals surface area contributed by atoms with Gasteiger partial charge in [-0.15, -0.1) is 0 Å². The van der Waals surface area contributed by atoms with Crippen LogP contribution in [0.25, 0.3) is 0 Å². The predicted molar refractivity (Wildman–Crippen MR) is 73.8 cm³/mol. The molecule has 1 atom stereocenters. The van der Waals surface area contributed by atoms with E-state index in [0.717, 1.165) is 12.2 Å². The van der Waals surface area contributed by atoms with E-state index in [1.807, 2.05) is 6.26 Å². The van der Waals surface area contributed by atoms with Gasteiger partial charge in [-0.1, -0.05) is 25.7 Å². The van der Waals surface area contributed by atoms with E-state index in [1.165, 1.54) is 25.7 Å². The molecule has 2 N–H and O–H groups in total. The quantitative estimate of drug-likeness (QED) is 0.712. The molecule has 0 aromatic carbocycles. The number of aliphatic carboxylic acids is 1. The van der Waals surface area contributed by atoms with E-state index in [-0.39, 0.29) is 5.91 Å². The SMILES string of the molecule is CSCC[C@@H](NC(=O)CCC1CCCC1)C(=O)O. The lowest BCUT2D eigenvalue weighted by molar-refractivity contribution is -0.141. The van der Waals surface area contributed by atoms with Gasteiger partial charge < -0.3 is 10.4 Å². The van der Waals surface area contributed by atoms with Gasteiger partial charge in [0.05, 0.1) is 0 Å². The highest BCUT2D eigenvalue weighted by Gasteiger charge is 2.21. The lowest BCUT2D eigenvalue weighted by Gasteiger charge is -2.15. The van der Waals surface area contributed by atoms with Gasteiger partial charge in [-0.05, 0) is 30.8 Å². The smallest absolute Gasteiger partial charge is 0.326 e. The van der Waals surface area contributed by atoms with Crippen LogP contribution < -0.4 is 5.32 Å². The Labute approximate surface area is 113 Å². The summed E-state index contributed by atoms with van der Waals surface area (Å²) < 4.78 is 0. The Hall–Kier alpha value is -0.710. The summed E-state index contributed by atoms with van der Waals surface area (Å²) in [4.78, 5) is 22.7. The standard InChI is InChI=1S/C13H23NO3S/c1-18-9-8-11(13(16)17)14-12(15)7-6-10-4-2-3-5-10/h10-11H,2-9H2,1H3,(H,14,15)(H,16,17)/t11-/m1/s1. The molecule has 0 heterocycles. The van der Waals surface area contributed by atoms with Crippen LogP contribution in [0.4, 0.5) is 0 Å². The maximum absolute atomic E-state index is 11.7. The molecule has 1 amide bonds. The Morgan fingerprint density at radius 3 is 2.61 bits per heavy atom. The second-order valence-corrected chi connectivity index (χ2v) is 5.91. The number of carboxylic acid groups (broad SMARTS) is 1. The summed E-state index contributed by atoms with van der Waals surface area (Å²) in [7, 11) is 0. The summed E-state index contributed by atoms with van der Waals surface area (Å²) in [6.45, 7) is 0. The van der Waals surface area contributed by atoms with E-state index in [9.17, 15) is 9.59 Å². The molecular weight excluding hydrogens is 250 g/mol. The van der Waals surface area contributed by atoms with Gasteiger partial charge in [0.15, 0.2) is 0 Å². The van der Waals surface area contributed by atoms with Gasteiger partial charge in [0.2, 0.25) is 5.91 Å². The molecule has 5 heteroatoms. The van der Waals surface area contributed by atoms with Crippen molar-refractivity contribution in [2.45, 2.75) is 51.0 Å². The molecule has 104 valence electrons. The Kier molecular flexibility index (Phi) is 7.16. The summed E-state index contributed by atoms with van der Waals surface area (Å²) in [5.41, 5.74) is 0. The number of rotatable bonds is 8. The van der Waals surface area contributed by atoms with E-state index < -0.39 is 12.0 Å². The summed E-state index contributed by atoms with van der Waals surface area (Å²) in [6.07, 6.45) is 8.79. The van der Waals surface area contributed by atoms with Crippen LogP contribution in [0.3, 0.4) is 0 Å². The first-order valence-electron chi connectivity index (χ1n) is 6.64. The molecular formula is C13H23NO3S. The fourth-order valence-corrected chi connectivity index (χ4v) is 2.87. The average molecular weight is 273 g/mol. The molecule has 1 fully saturated rings. The zero-order valence-electron chi connectivity index (χ0n) is 11.0. The molecule has 0 bridgehead atoms. The van der Waals surface area contributed by atoms with Gasteiger partial charge in [0, 0.05) is 6.42 Å². The number of thioether (sulfide) groups is 1. The van der Waals surface area contributed by atoms with E-state index in [1.54, 1.807) is 11.8 Å². The van der Waals surface area contributed by atoms with E-state index in [0.29, 0.717) is 18.8 Å². The molecule has 1 aliphatic carbocycles. The summed E-state index contributed by atoms with van der Waals surface area (Å²) >= 11 is 1.59. The number of carbonyl (C=O) groups excluding carboxylic acids is 1. The van der Waals surface area contributed by atoms with Gasteiger partial charge >= 0.3 is 5.97 Å². The maximum atomic E-state index is 11.7. The Bertz CT molecular complexity index is 277. The topological polar surface area (TPSA) is 66.4 Å². The lowest BCUT2D eigenvalue weighted by atomic mass is 10.0. The minimum absolute atomic E-state index is 0.115. The summed E-state index contributed by atoms with van der Waals surface area (Å²) in [5, 5.41) is 11.6. The van der Waals surface area contributed by atoms with Gasteiger partial charge in [-0.3, -0.25) is 4.79 Å². The van der Waals surface area contributed by atoms with Crippen LogP contribution in [0.2, 0.25) is 0 Å². The molecule has 1 saturated carbocycles. The number of hydrogen-bond acceptors (Lipinski definition) is 3. The highest BCUT2D eigenvalue weighted by molar-refractivity contribution is 7.98. The molecule has 1 aliphatic rings. The van der Waals surface area contributed by atoms with Crippen LogP contribution >= 0.6 is 11.8 Å². The first-order valence-corrected chi connectivity index (χ1v) is 8.04. The first-order chi connectivity index (χ1) is 8.63. The third-order valence-electron chi connectivity index (χ3n) is 3.50. The molecule has 18 heavy (non-hydrogen) atoms. The van der Waals surface area contributed by atoms with Crippen molar-refractivity contribution in [2.24, 2.45) is 5.92 Å². The number of carboxylic acids is 1. The second-order valence-electron chi connectivity index (χ2n) is 4.93. The van der Waals surface area contributed by atoms with Crippen LogP contribution in [-0.4, -0.2) is 35.0 Å². The van der Waals surface area contributed by atoms with Crippen LogP contribution in [0.1, 0.15) is 44.9 Å². The van der Waals surface area contributed by atoms with Crippen LogP contribution in [-0.2, 0) is 9.59 Å². The highest BCUT2D eigenvalue weighted by atomic mass is 32.2. The van der Waals surface area contributed by atoms with Crippen LogP contribution in [0.5, 0.6) is 0 Å². The van der Waals surface area contributed by atoms with Crippen LogP contribution in [0, 0.1) is 5.92 Å². The Morgan fingerprint density at radius 1 is 1.39 bits per heavy atom. The summed E-state index contributed by atoms with van der Waals surface area (Å²) in [6, 6.07) is -0.728. The molecule has 1 rings (SSSR count). The molecule has 0 unspecified atom stereocenters. The molecule has 4 nitrogen and oxygen atoms in total. The molecule has 0 aromatic heterocycles. The largest absolute Gasteiger partial charge is 0.480 e. The van der Waals surface area contributed by atoms with Crippen molar-refractivity contribution in [1.82, 2.24) is 5.32 Å². The minimum Gasteiger partial charge on any atom is -0.480 e.